The predicted molar refractivity (Wildman–Crippen MR) is 66.4 cm³/mol. The number of imide groups is 1. The van der Waals surface area contributed by atoms with Crippen molar-refractivity contribution in [3.8, 4) is 11.8 Å². The van der Waals surface area contributed by atoms with Crippen LogP contribution >= 0.6 is 11.3 Å². The second kappa shape index (κ2) is 4.98. The second-order valence-electron chi connectivity index (χ2n) is 3.70. The Morgan fingerprint density at radius 2 is 2.18 bits per heavy atom. The fourth-order valence-corrected chi connectivity index (χ4v) is 2.29. The summed E-state index contributed by atoms with van der Waals surface area (Å²) in [6, 6.07) is 2.02. The van der Waals surface area contributed by atoms with E-state index in [4.69, 9.17) is 0 Å². The SMILES string of the molecule is CCCc1csc(C#CC2=CC(=O)NC2=O)c1. The van der Waals surface area contributed by atoms with Gasteiger partial charge in [0.25, 0.3) is 11.8 Å². The Kier molecular flexibility index (Phi) is 3.40. The summed E-state index contributed by atoms with van der Waals surface area (Å²) in [5.41, 5.74) is 1.50. The van der Waals surface area contributed by atoms with Crippen molar-refractivity contribution in [1.82, 2.24) is 5.32 Å². The van der Waals surface area contributed by atoms with E-state index in [1.807, 2.05) is 6.07 Å². The minimum atomic E-state index is -0.409. The Bertz CT molecular complexity index is 557. The zero-order chi connectivity index (χ0) is 12.3. The molecule has 0 fully saturated rings. The van der Waals surface area contributed by atoms with Crippen LogP contribution in [-0.4, -0.2) is 11.8 Å². The van der Waals surface area contributed by atoms with Crippen LogP contribution in [0.4, 0.5) is 0 Å². The first-order chi connectivity index (χ1) is 8.19. The van der Waals surface area contributed by atoms with Gasteiger partial charge in [-0.3, -0.25) is 14.9 Å². The van der Waals surface area contributed by atoms with Crippen molar-refractivity contribution in [2.45, 2.75) is 19.8 Å². The quantitative estimate of drug-likeness (QED) is 0.636. The van der Waals surface area contributed by atoms with E-state index in [-0.39, 0.29) is 5.57 Å². The van der Waals surface area contributed by atoms with Crippen molar-refractivity contribution in [2.24, 2.45) is 0 Å². The summed E-state index contributed by atoms with van der Waals surface area (Å²) in [5, 5.41) is 4.23. The fourth-order valence-electron chi connectivity index (χ4n) is 1.49. The van der Waals surface area contributed by atoms with E-state index in [0.29, 0.717) is 0 Å². The Morgan fingerprint density at radius 3 is 2.82 bits per heavy atom. The first-order valence-corrected chi connectivity index (χ1v) is 6.23. The van der Waals surface area contributed by atoms with Gasteiger partial charge in [-0.2, -0.15) is 0 Å². The molecule has 0 saturated heterocycles. The molecular weight excluding hydrogens is 234 g/mol. The molecule has 2 amide bonds. The fraction of sp³-hybridized carbons (Fsp3) is 0.231. The van der Waals surface area contributed by atoms with Crippen LogP contribution in [0.3, 0.4) is 0 Å². The molecule has 0 atom stereocenters. The van der Waals surface area contributed by atoms with E-state index >= 15 is 0 Å². The summed E-state index contributed by atoms with van der Waals surface area (Å²) in [6.45, 7) is 2.13. The highest BCUT2D eigenvalue weighted by molar-refractivity contribution is 7.10. The van der Waals surface area contributed by atoms with E-state index < -0.39 is 11.8 Å². The van der Waals surface area contributed by atoms with Gasteiger partial charge in [0.15, 0.2) is 0 Å². The molecule has 3 nitrogen and oxygen atoms in total. The molecule has 1 aromatic rings. The second-order valence-corrected chi connectivity index (χ2v) is 4.61. The normalized spacial score (nSPS) is 14.1. The van der Waals surface area contributed by atoms with Crippen molar-refractivity contribution < 1.29 is 9.59 Å². The van der Waals surface area contributed by atoms with Gasteiger partial charge in [-0.05, 0) is 23.4 Å². The molecule has 0 unspecified atom stereocenters. The van der Waals surface area contributed by atoms with Gasteiger partial charge in [0.2, 0.25) is 0 Å². The Balaban J connectivity index is 2.13. The molecule has 1 aromatic heterocycles. The third-order valence-electron chi connectivity index (χ3n) is 2.27. The molecule has 0 aromatic carbocycles. The van der Waals surface area contributed by atoms with Crippen LogP contribution in [-0.2, 0) is 16.0 Å². The molecule has 1 aliphatic rings. The number of aryl methyl sites for hydroxylation is 1. The van der Waals surface area contributed by atoms with Crippen molar-refractivity contribution >= 4 is 23.2 Å². The third-order valence-corrected chi connectivity index (χ3v) is 3.16. The Labute approximate surface area is 104 Å². The number of nitrogens with one attached hydrogen (secondary N) is 1. The van der Waals surface area contributed by atoms with Crippen LogP contribution in [0.25, 0.3) is 0 Å². The molecular formula is C13H11NO2S. The van der Waals surface area contributed by atoms with Crippen LogP contribution in [0, 0.1) is 11.8 Å². The number of rotatable bonds is 2. The van der Waals surface area contributed by atoms with Gasteiger partial charge in [0.05, 0.1) is 10.5 Å². The maximum atomic E-state index is 11.2. The van der Waals surface area contributed by atoms with E-state index in [1.54, 1.807) is 11.3 Å². The molecule has 0 aliphatic carbocycles. The average molecular weight is 245 g/mol. The van der Waals surface area contributed by atoms with Crippen LogP contribution in [0.5, 0.6) is 0 Å². The number of carbonyl (C=O) groups excluding carboxylic acids is 2. The summed E-state index contributed by atoms with van der Waals surface area (Å²) in [4.78, 5) is 23.0. The van der Waals surface area contributed by atoms with Crippen molar-refractivity contribution in [1.29, 1.82) is 0 Å². The lowest BCUT2D eigenvalue weighted by Crippen LogP contribution is -2.21. The molecule has 4 heteroatoms. The lowest BCUT2D eigenvalue weighted by Gasteiger charge is -1.87. The zero-order valence-corrected chi connectivity index (χ0v) is 10.2. The number of carbonyl (C=O) groups is 2. The summed E-state index contributed by atoms with van der Waals surface area (Å²) in [7, 11) is 0. The van der Waals surface area contributed by atoms with E-state index in [9.17, 15) is 9.59 Å². The van der Waals surface area contributed by atoms with Gasteiger partial charge < -0.3 is 0 Å². The lowest BCUT2D eigenvalue weighted by molar-refractivity contribution is -0.123. The van der Waals surface area contributed by atoms with Crippen molar-refractivity contribution in [2.75, 3.05) is 0 Å². The molecule has 0 saturated carbocycles. The molecule has 17 heavy (non-hydrogen) atoms. The largest absolute Gasteiger partial charge is 0.288 e. The molecule has 0 spiro atoms. The Hall–Kier alpha value is -1.86. The van der Waals surface area contributed by atoms with Gasteiger partial charge in [-0.1, -0.05) is 25.2 Å². The van der Waals surface area contributed by atoms with Gasteiger partial charge >= 0.3 is 0 Å². The number of hydrogen-bond donors (Lipinski definition) is 1. The molecule has 86 valence electrons. The zero-order valence-electron chi connectivity index (χ0n) is 9.37. The molecule has 0 bridgehead atoms. The summed E-state index contributed by atoms with van der Waals surface area (Å²) < 4.78 is 0. The maximum Gasteiger partial charge on any atom is 0.266 e. The highest BCUT2D eigenvalue weighted by Gasteiger charge is 2.18. The van der Waals surface area contributed by atoms with Gasteiger partial charge in [0.1, 0.15) is 0 Å². The van der Waals surface area contributed by atoms with Crippen LogP contribution < -0.4 is 5.32 Å². The van der Waals surface area contributed by atoms with E-state index in [1.165, 1.54) is 11.6 Å². The molecule has 1 N–H and O–H groups in total. The maximum absolute atomic E-state index is 11.2. The van der Waals surface area contributed by atoms with Gasteiger partial charge in [-0.15, -0.1) is 11.3 Å². The molecule has 2 rings (SSSR count). The summed E-state index contributed by atoms with van der Waals surface area (Å²) >= 11 is 1.56. The molecule has 0 radical (unpaired) electrons. The van der Waals surface area contributed by atoms with Gasteiger partial charge in [0, 0.05) is 6.08 Å². The van der Waals surface area contributed by atoms with Crippen molar-refractivity contribution in [3.63, 3.8) is 0 Å². The first kappa shape index (κ1) is 11.6. The van der Waals surface area contributed by atoms with Crippen LogP contribution in [0.2, 0.25) is 0 Å². The summed E-state index contributed by atoms with van der Waals surface area (Å²) in [6.07, 6.45) is 3.38. The number of hydrogen-bond acceptors (Lipinski definition) is 3. The van der Waals surface area contributed by atoms with Gasteiger partial charge in [-0.25, -0.2) is 0 Å². The topological polar surface area (TPSA) is 46.2 Å². The molecule has 1 aliphatic heterocycles. The Morgan fingerprint density at radius 1 is 1.35 bits per heavy atom. The lowest BCUT2D eigenvalue weighted by atomic mass is 10.2. The van der Waals surface area contributed by atoms with E-state index in [2.05, 4.69) is 29.5 Å². The number of thiophene rings is 1. The average Bonchev–Trinajstić information content (AvgIpc) is 2.83. The highest BCUT2D eigenvalue weighted by atomic mass is 32.1. The van der Waals surface area contributed by atoms with Crippen LogP contribution in [0.15, 0.2) is 23.1 Å². The number of amides is 2. The standard InChI is InChI=1S/C13H11NO2S/c1-2-3-9-6-11(17-8-9)5-4-10-7-12(15)14-13(10)16/h6-8H,2-3H2,1H3,(H,14,15,16). The predicted octanol–water partition coefficient (Wildman–Crippen LogP) is 1.63. The first-order valence-electron chi connectivity index (χ1n) is 5.35. The smallest absolute Gasteiger partial charge is 0.266 e. The summed E-state index contributed by atoms with van der Waals surface area (Å²) in [5.74, 6) is 4.82. The van der Waals surface area contributed by atoms with Crippen molar-refractivity contribution in [3.05, 3.63) is 33.5 Å². The third kappa shape index (κ3) is 2.83. The van der Waals surface area contributed by atoms with E-state index in [0.717, 1.165) is 17.7 Å². The molecule has 2 heterocycles. The van der Waals surface area contributed by atoms with Crippen LogP contribution in [0.1, 0.15) is 23.8 Å². The minimum absolute atomic E-state index is 0.237. The highest BCUT2D eigenvalue weighted by Crippen LogP contribution is 2.15. The monoisotopic (exact) mass is 245 g/mol. The minimum Gasteiger partial charge on any atom is -0.288 e.